The maximum absolute atomic E-state index is 12.3. The third-order valence-corrected chi connectivity index (χ3v) is 4.91. The van der Waals surface area contributed by atoms with Gasteiger partial charge in [0.2, 0.25) is 0 Å². The summed E-state index contributed by atoms with van der Waals surface area (Å²) in [6, 6.07) is 7.49. The fourth-order valence-corrected chi connectivity index (χ4v) is 4.25. The zero-order valence-corrected chi connectivity index (χ0v) is 18.0. The summed E-state index contributed by atoms with van der Waals surface area (Å²) in [5.41, 5.74) is 4.09. The smallest absolute Gasteiger partial charge is 0.338 e. The Balaban J connectivity index is 2.91. The molecule has 0 aromatic heterocycles. The lowest BCUT2D eigenvalue weighted by Crippen LogP contribution is -2.11. The first-order valence-corrected chi connectivity index (χ1v) is 9.23. The molecule has 2 rings (SSSR count). The van der Waals surface area contributed by atoms with Gasteiger partial charge < -0.3 is 9.47 Å². The van der Waals surface area contributed by atoms with Crippen LogP contribution in [0.2, 0.25) is 0 Å². The summed E-state index contributed by atoms with van der Waals surface area (Å²) in [5, 5.41) is 0. The Hall–Kier alpha value is -1.16. The highest BCUT2D eigenvalue weighted by Crippen LogP contribution is 2.36. The first-order chi connectivity index (χ1) is 11.3. The van der Waals surface area contributed by atoms with Gasteiger partial charge in [-0.05, 0) is 94.4 Å². The normalized spacial score (nSPS) is 10.4. The second kappa shape index (κ2) is 7.81. The number of ether oxygens (including phenoxy) is 2. The molecule has 0 spiro atoms. The van der Waals surface area contributed by atoms with Crippen molar-refractivity contribution in [2.24, 2.45) is 0 Å². The van der Waals surface area contributed by atoms with Crippen molar-refractivity contribution in [3.8, 4) is 11.1 Å². The van der Waals surface area contributed by atoms with Crippen molar-refractivity contribution in [2.75, 3.05) is 14.2 Å². The fourth-order valence-electron chi connectivity index (χ4n) is 2.69. The average molecular weight is 550 g/mol. The van der Waals surface area contributed by atoms with Gasteiger partial charge in [0, 0.05) is 18.3 Å². The van der Waals surface area contributed by atoms with Gasteiger partial charge in [0.1, 0.15) is 0 Å². The van der Waals surface area contributed by atoms with Crippen molar-refractivity contribution in [2.45, 2.75) is 13.8 Å². The number of methoxy groups -OCH3 is 2. The number of benzene rings is 2. The highest BCUT2D eigenvalue weighted by Gasteiger charge is 2.24. The van der Waals surface area contributed by atoms with E-state index in [4.69, 9.17) is 9.47 Å². The minimum atomic E-state index is -0.430. The molecule has 0 fully saturated rings. The maximum atomic E-state index is 12.3. The van der Waals surface area contributed by atoms with E-state index in [1.54, 1.807) is 12.1 Å². The van der Waals surface area contributed by atoms with E-state index in [1.807, 2.05) is 26.0 Å². The maximum Gasteiger partial charge on any atom is 0.338 e. The number of rotatable bonds is 3. The summed E-state index contributed by atoms with van der Waals surface area (Å²) in [4.78, 5) is 24.6. The third-order valence-electron chi connectivity index (χ3n) is 3.66. The molecule has 2 aromatic rings. The molecule has 0 saturated carbocycles. The minimum Gasteiger partial charge on any atom is -0.465 e. The first kappa shape index (κ1) is 19.2. The van der Waals surface area contributed by atoms with Crippen molar-refractivity contribution in [1.82, 2.24) is 0 Å². The Morgan fingerprint density at radius 3 is 1.38 bits per heavy atom. The summed E-state index contributed by atoms with van der Waals surface area (Å²) in [5.74, 6) is -0.860. The van der Waals surface area contributed by atoms with Crippen LogP contribution < -0.4 is 0 Å². The molecule has 0 aliphatic carbocycles. The van der Waals surface area contributed by atoms with Crippen molar-refractivity contribution in [3.05, 3.63) is 53.7 Å². The molecule has 0 saturated heterocycles. The monoisotopic (exact) mass is 550 g/mol. The SMILES string of the molecule is COC(=O)c1cc(I)cc(C)c1-c1c(C)cc(I)cc1C(=O)OC. The molecule has 6 heteroatoms. The van der Waals surface area contributed by atoms with E-state index in [9.17, 15) is 9.59 Å². The van der Waals surface area contributed by atoms with Crippen LogP contribution in [0.1, 0.15) is 31.8 Å². The van der Waals surface area contributed by atoms with E-state index in [2.05, 4.69) is 45.2 Å². The Bertz CT molecular complexity index is 759. The molecule has 0 heterocycles. The number of hydrogen-bond donors (Lipinski definition) is 0. The quantitative estimate of drug-likeness (QED) is 0.409. The van der Waals surface area contributed by atoms with E-state index < -0.39 is 11.9 Å². The number of hydrogen-bond acceptors (Lipinski definition) is 4. The Morgan fingerprint density at radius 2 is 1.08 bits per heavy atom. The number of esters is 2. The van der Waals surface area contributed by atoms with Crippen molar-refractivity contribution >= 4 is 57.1 Å². The number of halogens is 2. The molecule has 4 nitrogen and oxygen atoms in total. The van der Waals surface area contributed by atoms with Crippen LogP contribution in [0.25, 0.3) is 11.1 Å². The summed E-state index contributed by atoms with van der Waals surface area (Å²) in [7, 11) is 2.70. The van der Waals surface area contributed by atoms with E-state index in [0.29, 0.717) is 22.3 Å². The molecule has 0 aliphatic rings. The van der Waals surface area contributed by atoms with Crippen LogP contribution >= 0.6 is 45.2 Å². The lowest BCUT2D eigenvalue weighted by Gasteiger charge is -2.18. The van der Waals surface area contributed by atoms with Crippen LogP contribution in [-0.2, 0) is 9.47 Å². The summed E-state index contributed by atoms with van der Waals surface area (Å²) in [6.45, 7) is 3.84. The second-order valence-electron chi connectivity index (χ2n) is 5.27. The lowest BCUT2D eigenvalue weighted by molar-refractivity contribution is 0.0590. The fraction of sp³-hybridized carbons (Fsp3) is 0.222. The second-order valence-corrected chi connectivity index (χ2v) is 7.76. The van der Waals surface area contributed by atoms with Gasteiger partial charge in [-0.3, -0.25) is 0 Å². The van der Waals surface area contributed by atoms with Crippen LogP contribution in [0.15, 0.2) is 24.3 Å². The molecule has 0 radical (unpaired) electrons. The third kappa shape index (κ3) is 3.74. The highest BCUT2D eigenvalue weighted by atomic mass is 127. The predicted octanol–water partition coefficient (Wildman–Crippen LogP) is 4.75. The van der Waals surface area contributed by atoms with Gasteiger partial charge >= 0.3 is 11.9 Å². The zero-order chi connectivity index (χ0) is 18.0. The summed E-state index contributed by atoms with van der Waals surface area (Å²) in [6.07, 6.45) is 0. The molecule has 126 valence electrons. The van der Waals surface area contributed by atoms with E-state index in [-0.39, 0.29) is 0 Å². The molecule has 2 aromatic carbocycles. The summed E-state index contributed by atoms with van der Waals surface area (Å²) < 4.78 is 11.7. The highest BCUT2D eigenvalue weighted by molar-refractivity contribution is 14.1. The lowest BCUT2D eigenvalue weighted by atomic mass is 9.88. The number of carbonyl (C=O) groups excluding carboxylic acids is 2. The molecular weight excluding hydrogens is 534 g/mol. The van der Waals surface area contributed by atoms with E-state index in [0.717, 1.165) is 18.3 Å². The molecule has 0 atom stereocenters. The minimum absolute atomic E-state index is 0.430. The van der Waals surface area contributed by atoms with Crippen LogP contribution in [0.3, 0.4) is 0 Å². The topological polar surface area (TPSA) is 52.6 Å². The Labute approximate surface area is 168 Å². The van der Waals surface area contributed by atoms with Gasteiger partial charge in [-0.25, -0.2) is 9.59 Å². The molecule has 0 amide bonds. The zero-order valence-electron chi connectivity index (χ0n) is 13.7. The van der Waals surface area contributed by atoms with Crippen molar-refractivity contribution in [1.29, 1.82) is 0 Å². The predicted molar refractivity (Wildman–Crippen MR) is 109 cm³/mol. The van der Waals surface area contributed by atoms with Gasteiger partial charge in [0.15, 0.2) is 0 Å². The van der Waals surface area contributed by atoms with Crippen LogP contribution in [0.5, 0.6) is 0 Å². The van der Waals surface area contributed by atoms with E-state index >= 15 is 0 Å². The molecule has 0 N–H and O–H groups in total. The van der Waals surface area contributed by atoms with Crippen LogP contribution in [0.4, 0.5) is 0 Å². The van der Waals surface area contributed by atoms with Gasteiger partial charge in [0.25, 0.3) is 0 Å². The van der Waals surface area contributed by atoms with E-state index in [1.165, 1.54) is 14.2 Å². The van der Waals surface area contributed by atoms with Gasteiger partial charge in [-0.2, -0.15) is 0 Å². The van der Waals surface area contributed by atoms with Crippen molar-refractivity contribution < 1.29 is 19.1 Å². The van der Waals surface area contributed by atoms with Gasteiger partial charge in [0.05, 0.1) is 25.3 Å². The Morgan fingerprint density at radius 1 is 0.750 bits per heavy atom. The number of aryl methyl sites for hydroxylation is 2. The molecular formula is C18H16I2O4. The Kier molecular flexibility index (Phi) is 6.24. The molecule has 24 heavy (non-hydrogen) atoms. The van der Waals surface area contributed by atoms with Gasteiger partial charge in [-0.1, -0.05) is 0 Å². The van der Waals surface area contributed by atoms with Crippen molar-refractivity contribution in [3.63, 3.8) is 0 Å². The number of carbonyl (C=O) groups is 2. The molecule has 0 aliphatic heterocycles. The molecule has 0 unspecified atom stereocenters. The first-order valence-electron chi connectivity index (χ1n) is 7.07. The van der Waals surface area contributed by atoms with Gasteiger partial charge in [-0.15, -0.1) is 0 Å². The molecule has 0 bridgehead atoms. The van der Waals surface area contributed by atoms with Crippen LogP contribution in [0, 0.1) is 21.0 Å². The summed E-state index contributed by atoms with van der Waals surface area (Å²) >= 11 is 4.32. The standard InChI is InChI=1S/C18H16I2O4/c1-9-5-11(19)7-13(17(21)23-3)15(9)16-10(2)6-12(20)8-14(16)18(22)24-4/h5-8H,1-4H3. The average Bonchev–Trinajstić information content (AvgIpc) is 2.53. The largest absolute Gasteiger partial charge is 0.465 e. The van der Waals surface area contributed by atoms with Crippen LogP contribution in [-0.4, -0.2) is 26.2 Å².